The molecule has 0 N–H and O–H groups in total. The highest BCUT2D eigenvalue weighted by Crippen LogP contribution is 2.62. The molecule has 1 aliphatic carbocycles. The second kappa shape index (κ2) is 9.87. The van der Waals surface area contributed by atoms with Crippen molar-refractivity contribution in [2.75, 3.05) is 0 Å². The molecule has 208 valence electrons. The fraction of sp³-hybridized carbons (Fsp3) is 0.0244. The lowest BCUT2D eigenvalue weighted by atomic mass is 9.67. The highest BCUT2D eigenvalue weighted by atomic mass is 79.9. The van der Waals surface area contributed by atoms with Gasteiger partial charge in [0.1, 0.15) is 0 Å². The van der Waals surface area contributed by atoms with Crippen molar-refractivity contribution in [1.82, 2.24) is 0 Å². The first kappa shape index (κ1) is 26.6. The maximum absolute atomic E-state index is 4.28. The van der Waals surface area contributed by atoms with Crippen molar-refractivity contribution in [3.63, 3.8) is 0 Å². The highest BCUT2D eigenvalue weighted by molar-refractivity contribution is 9.11. The summed E-state index contributed by atoms with van der Waals surface area (Å²) in [5.41, 5.74) is 9.63. The van der Waals surface area contributed by atoms with Gasteiger partial charge < -0.3 is 0 Å². The molecule has 0 aliphatic heterocycles. The van der Waals surface area contributed by atoms with Crippen molar-refractivity contribution in [3.05, 3.63) is 175 Å². The minimum absolute atomic E-state index is 0.525. The number of hydrogen-bond donors (Lipinski definition) is 0. The predicted molar refractivity (Wildman–Crippen MR) is 196 cm³/mol. The summed E-state index contributed by atoms with van der Waals surface area (Å²) in [6, 6.07) is 51.3. The van der Waals surface area contributed by atoms with Crippen molar-refractivity contribution in [2.45, 2.75) is 5.41 Å². The van der Waals surface area contributed by atoms with E-state index in [1.165, 1.54) is 76.8 Å². The summed E-state index contributed by atoms with van der Waals surface area (Å²) in [6.45, 7) is 0. The number of benzene rings is 8. The van der Waals surface area contributed by atoms with Gasteiger partial charge in [-0.25, -0.2) is 0 Å². The van der Waals surface area contributed by atoms with Crippen LogP contribution >= 0.6 is 47.8 Å². The van der Waals surface area contributed by atoms with Crippen LogP contribution in [0.2, 0.25) is 0 Å². The lowest BCUT2D eigenvalue weighted by Crippen LogP contribution is -2.29. The molecule has 0 unspecified atom stereocenters. The average Bonchev–Trinajstić information content (AvgIpc) is 3.39. The third-order valence-electron chi connectivity index (χ3n) is 9.49. The molecule has 44 heavy (non-hydrogen) atoms. The van der Waals surface area contributed by atoms with Crippen molar-refractivity contribution in [1.29, 1.82) is 0 Å². The Balaban J connectivity index is 1.53. The Bertz CT molecular complexity index is 2330. The Morgan fingerprint density at radius 1 is 0.432 bits per heavy atom. The van der Waals surface area contributed by atoms with Gasteiger partial charge in [-0.3, -0.25) is 0 Å². The van der Waals surface area contributed by atoms with Crippen molar-refractivity contribution >= 4 is 80.1 Å². The molecule has 0 aromatic heterocycles. The zero-order valence-electron chi connectivity index (χ0n) is 23.4. The summed E-state index contributed by atoms with van der Waals surface area (Å²) in [5.74, 6) is 0. The molecular formula is C41H23Br3. The Hall–Kier alpha value is -3.76. The molecule has 0 bridgehead atoms. The fourth-order valence-electron chi connectivity index (χ4n) is 7.72. The molecule has 0 atom stereocenters. The molecule has 0 spiro atoms. The third-order valence-corrected chi connectivity index (χ3v) is 11.6. The molecular weight excluding hydrogens is 732 g/mol. The number of hydrogen-bond acceptors (Lipinski definition) is 0. The SMILES string of the molecule is Brc1cc(Br)c2ccc3c4c(c(Br)c5ccc1c2c53)C(c1ccccc1)(c1ccccc1)c1cc(-c2ccccc2)ccc1-4. The van der Waals surface area contributed by atoms with Gasteiger partial charge in [-0.15, -0.1) is 0 Å². The van der Waals surface area contributed by atoms with Crippen LogP contribution in [-0.4, -0.2) is 0 Å². The standard InChI is InChI=1S/C41H23Br3/c42-34-23-35(43)30-19-21-32-37-31(20-18-29(34)36(30)37)38-28-17-16-25(24-10-4-1-5-11-24)22-33(28)41(39(38)40(32)44,26-12-6-2-7-13-26)27-14-8-3-9-15-27/h1-23H. The lowest BCUT2D eigenvalue weighted by molar-refractivity contribution is 0.766. The fourth-order valence-corrected chi connectivity index (χ4v) is 9.97. The van der Waals surface area contributed by atoms with E-state index in [0.717, 1.165) is 13.4 Å². The van der Waals surface area contributed by atoms with E-state index >= 15 is 0 Å². The summed E-state index contributed by atoms with van der Waals surface area (Å²) in [7, 11) is 0. The summed E-state index contributed by atoms with van der Waals surface area (Å²) in [4.78, 5) is 0. The Morgan fingerprint density at radius 3 is 1.57 bits per heavy atom. The van der Waals surface area contributed by atoms with E-state index in [4.69, 9.17) is 0 Å². The largest absolute Gasteiger partial charge is 0.0725 e. The van der Waals surface area contributed by atoms with Crippen LogP contribution < -0.4 is 0 Å². The van der Waals surface area contributed by atoms with Crippen LogP contribution in [-0.2, 0) is 5.41 Å². The van der Waals surface area contributed by atoms with E-state index in [1.807, 2.05) is 0 Å². The van der Waals surface area contributed by atoms with Crippen LogP contribution in [0.25, 0.3) is 54.6 Å². The van der Waals surface area contributed by atoms with Gasteiger partial charge in [0.25, 0.3) is 0 Å². The van der Waals surface area contributed by atoms with Gasteiger partial charge in [0.15, 0.2) is 0 Å². The number of rotatable bonds is 3. The first-order valence-electron chi connectivity index (χ1n) is 14.7. The lowest BCUT2D eigenvalue weighted by Gasteiger charge is -2.35. The summed E-state index contributed by atoms with van der Waals surface area (Å²) in [6.07, 6.45) is 0. The Kier molecular flexibility index (Phi) is 5.97. The Morgan fingerprint density at radius 2 is 0.955 bits per heavy atom. The second-order valence-corrected chi connectivity index (χ2v) is 14.1. The van der Waals surface area contributed by atoms with E-state index in [9.17, 15) is 0 Å². The van der Waals surface area contributed by atoms with Gasteiger partial charge in [-0.2, -0.15) is 0 Å². The summed E-state index contributed by atoms with van der Waals surface area (Å²) < 4.78 is 3.34. The van der Waals surface area contributed by atoms with E-state index in [0.29, 0.717) is 0 Å². The molecule has 0 fully saturated rings. The molecule has 0 nitrogen and oxygen atoms in total. The monoisotopic (exact) mass is 752 g/mol. The molecule has 0 amide bonds. The normalized spacial score (nSPS) is 13.5. The van der Waals surface area contributed by atoms with E-state index in [2.05, 4.69) is 187 Å². The van der Waals surface area contributed by atoms with Crippen molar-refractivity contribution in [2.24, 2.45) is 0 Å². The van der Waals surface area contributed by atoms with Crippen molar-refractivity contribution in [3.8, 4) is 22.3 Å². The van der Waals surface area contributed by atoms with Crippen LogP contribution in [0.4, 0.5) is 0 Å². The number of halogens is 3. The molecule has 3 heteroatoms. The zero-order chi connectivity index (χ0) is 29.6. The molecule has 0 radical (unpaired) electrons. The quantitative estimate of drug-likeness (QED) is 0.158. The van der Waals surface area contributed by atoms with Crippen LogP contribution in [0.5, 0.6) is 0 Å². The molecule has 0 saturated heterocycles. The van der Waals surface area contributed by atoms with Gasteiger partial charge in [0.05, 0.1) is 5.41 Å². The minimum Gasteiger partial charge on any atom is -0.0622 e. The number of fused-ring (bicyclic) bond motifs is 4. The predicted octanol–water partition coefficient (Wildman–Crippen LogP) is 12.9. The first-order chi connectivity index (χ1) is 21.6. The summed E-state index contributed by atoms with van der Waals surface area (Å²) in [5, 5.41) is 7.54. The summed E-state index contributed by atoms with van der Waals surface area (Å²) >= 11 is 12.0. The molecule has 9 rings (SSSR count). The van der Waals surface area contributed by atoms with Gasteiger partial charge in [0, 0.05) is 13.4 Å². The van der Waals surface area contributed by atoms with E-state index < -0.39 is 5.41 Å². The van der Waals surface area contributed by atoms with Crippen LogP contribution in [0.15, 0.2) is 153 Å². The third kappa shape index (κ3) is 3.49. The molecule has 8 aromatic carbocycles. The van der Waals surface area contributed by atoms with Gasteiger partial charge in [-0.1, -0.05) is 159 Å². The maximum atomic E-state index is 4.28. The molecule has 8 aromatic rings. The molecule has 0 saturated carbocycles. The molecule has 0 heterocycles. The topological polar surface area (TPSA) is 0 Å². The smallest absolute Gasteiger partial charge is 0.0622 e. The Labute approximate surface area is 281 Å². The maximum Gasteiger partial charge on any atom is 0.0725 e. The first-order valence-corrected chi connectivity index (χ1v) is 17.1. The van der Waals surface area contributed by atoms with Crippen LogP contribution in [0.1, 0.15) is 22.3 Å². The minimum atomic E-state index is -0.525. The van der Waals surface area contributed by atoms with Crippen LogP contribution in [0, 0.1) is 0 Å². The molecule has 1 aliphatic rings. The zero-order valence-corrected chi connectivity index (χ0v) is 28.2. The van der Waals surface area contributed by atoms with Gasteiger partial charge >= 0.3 is 0 Å². The van der Waals surface area contributed by atoms with E-state index in [-0.39, 0.29) is 0 Å². The second-order valence-electron chi connectivity index (χ2n) is 11.6. The van der Waals surface area contributed by atoms with E-state index in [1.54, 1.807) is 0 Å². The van der Waals surface area contributed by atoms with Crippen molar-refractivity contribution < 1.29 is 0 Å². The van der Waals surface area contributed by atoms with Gasteiger partial charge in [-0.05, 0) is 105 Å². The average molecular weight is 755 g/mol. The van der Waals surface area contributed by atoms with Crippen LogP contribution in [0.3, 0.4) is 0 Å². The highest BCUT2D eigenvalue weighted by Gasteiger charge is 2.48. The van der Waals surface area contributed by atoms with Gasteiger partial charge in [0.2, 0.25) is 0 Å².